The Bertz CT molecular complexity index is 499. The summed E-state index contributed by atoms with van der Waals surface area (Å²) in [5, 5.41) is 0. The number of hydrogen-bond donors (Lipinski definition) is 0. The van der Waals surface area contributed by atoms with Gasteiger partial charge in [-0.2, -0.15) is 0 Å². The van der Waals surface area contributed by atoms with Crippen LogP contribution >= 0.6 is 0 Å². The highest BCUT2D eigenvalue weighted by Gasteiger charge is 2.43. The van der Waals surface area contributed by atoms with Crippen molar-refractivity contribution in [1.29, 1.82) is 0 Å². The number of hydrogen-bond acceptors (Lipinski definition) is 2. The summed E-state index contributed by atoms with van der Waals surface area (Å²) in [4.78, 5) is 12.0. The average molecular weight is 226 g/mol. The largest absolute Gasteiger partial charge is 0.469 e. The summed E-state index contributed by atoms with van der Waals surface area (Å²) in [6.07, 6.45) is 3.04. The molecule has 2 atom stereocenters. The Kier molecular flexibility index (Phi) is 2.56. The molecule has 2 heteroatoms. The molecule has 0 radical (unpaired) electrons. The second kappa shape index (κ2) is 4.21. The highest BCUT2D eigenvalue weighted by atomic mass is 16.3. The van der Waals surface area contributed by atoms with Crippen LogP contribution in [-0.2, 0) is 11.2 Å². The maximum absolute atomic E-state index is 12.0. The van der Waals surface area contributed by atoms with Crippen molar-refractivity contribution in [3.63, 3.8) is 0 Å². The number of furan rings is 1. The molecule has 17 heavy (non-hydrogen) atoms. The molecule has 0 saturated heterocycles. The van der Waals surface area contributed by atoms with Gasteiger partial charge in [-0.3, -0.25) is 4.79 Å². The second-order valence-electron chi connectivity index (χ2n) is 4.58. The molecule has 0 bridgehead atoms. The van der Waals surface area contributed by atoms with Gasteiger partial charge < -0.3 is 4.42 Å². The van der Waals surface area contributed by atoms with Crippen molar-refractivity contribution in [2.75, 3.05) is 0 Å². The van der Waals surface area contributed by atoms with E-state index in [-0.39, 0.29) is 5.92 Å². The van der Waals surface area contributed by atoms with Crippen LogP contribution in [0.1, 0.15) is 23.7 Å². The molecular weight excluding hydrogens is 212 g/mol. The molecule has 0 amide bonds. The van der Waals surface area contributed by atoms with E-state index in [1.54, 1.807) is 6.26 Å². The van der Waals surface area contributed by atoms with E-state index in [0.29, 0.717) is 18.1 Å². The molecule has 2 nitrogen and oxygen atoms in total. The van der Waals surface area contributed by atoms with Crippen molar-refractivity contribution in [3.8, 4) is 0 Å². The van der Waals surface area contributed by atoms with Gasteiger partial charge in [-0.1, -0.05) is 30.3 Å². The molecule has 0 N–H and O–H groups in total. The monoisotopic (exact) mass is 226 g/mol. The zero-order chi connectivity index (χ0) is 11.7. The minimum absolute atomic E-state index is 0.197. The van der Waals surface area contributed by atoms with Gasteiger partial charge in [0, 0.05) is 5.92 Å². The first-order valence-electron chi connectivity index (χ1n) is 5.94. The molecule has 86 valence electrons. The molecule has 1 aromatic heterocycles. The van der Waals surface area contributed by atoms with Gasteiger partial charge in [0.2, 0.25) is 0 Å². The highest BCUT2D eigenvalue weighted by Crippen LogP contribution is 2.48. The van der Waals surface area contributed by atoms with Crippen LogP contribution in [0.5, 0.6) is 0 Å². The summed E-state index contributed by atoms with van der Waals surface area (Å²) in [5.74, 6) is 1.70. The summed E-state index contributed by atoms with van der Waals surface area (Å²) < 4.78 is 5.20. The summed E-state index contributed by atoms with van der Waals surface area (Å²) in [6.45, 7) is 0. The normalized spacial score (nSPS) is 22.4. The Hall–Kier alpha value is -1.83. The smallest absolute Gasteiger partial charge is 0.144 e. The van der Waals surface area contributed by atoms with Crippen LogP contribution < -0.4 is 0 Å². The number of carbonyl (C=O) groups excluding carboxylic acids is 1. The van der Waals surface area contributed by atoms with Crippen LogP contribution in [-0.4, -0.2) is 5.78 Å². The van der Waals surface area contributed by atoms with E-state index in [9.17, 15) is 4.79 Å². The lowest BCUT2D eigenvalue weighted by atomic mass is 10.1. The highest BCUT2D eigenvalue weighted by molar-refractivity contribution is 5.86. The van der Waals surface area contributed by atoms with E-state index in [4.69, 9.17) is 4.42 Å². The Labute approximate surface area is 100 Å². The standard InChI is InChI=1S/C15H14O2/c16-15(9-12-7-4-8-17-12)14-10-13(14)11-5-2-1-3-6-11/h1-8,13-14H,9-10H2. The first-order chi connectivity index (χ1) is 8.34. The van der Waals surface area contributed by atoms with Gasteiger partial charge in [0.25, 0.3) is 0 Å². The van der Waals surface area contributed by atoms with Gasteiger partial charge in [-0.25, -0.2) is 0 Å². The van der Waals surface area contributed by atoms with Gasteiger partial charge in [-0.15, -0.1) is 0 Å². The fourth-order valence-electron chi connectivity index (χ4n) is 2.34. The zero-order valence-electron chi connectivity index (χ0n) is 9.50. The lowest BCUT2D eigenvalue weighted by molar-refractivity contribution is -0.119. The molecule has 3 rings (SSSR count). The minimum atomic E-state index is 0.197. The van der Waals surface area contributed by atoms with Crippen molar-refractivity contribution in [1.82, 2.24) is 0 Å². The fourth-order valence-corrected chi connectivity index (χ4v) is 2.34. The topological polar surface area (TPSA) is 30.2 Å². The zero-order valence-corrected chi connectivity index (χ0v) is 9.50. The molecule has 1 saturated carbocycles. The van der Waals surface area contributed by atoms with Crippen molar-refractivity contribution >= 4 is 5.78 Å². The van der Waals surface area contributed by atoms with Crippen molar-refractivity contribution < 1.29 is 9.21 Å². The Morgan fingerprint density at radius 2 is 2.00 bits per heavy atom. The molecule has 1 fully saturated rings. The van der Waals surface area contributed by atoms with Crippen LogP contribution in [0.4, 0.5) is 0 Å². The van der Waals surface area contributed by atoms with Gasteiger partial charge in [0.1, 0.15) is 11.5 Å². The number of carbonyl (C=O) groups is 1. The maximum Gasteiger partial charge on any atom is 0.144 e. The van der Waals surface area contributed by atoms with Gasteiger partial charge in [-0.05, 0) is 30.0 Å². The van der Waals surface area contributed by atoms with E-state index >= 15 is 0 Å². The average Bonchev–Trinajstić information content (AvgIpc) is 3.02. The summed E-state index contributed by atoms with van der Waals surface area (Å²) in [6, 6.07) is 14.0. The first-order valence-corrected chi connectivity index (χ1v) is 5.94. The Morgan fingerprint density at radius 3 is 2.71 bits per heavy atom. The van der Waals surface area contributed by atoms with Crippen LogP contribution in [0.15, 0.2) is 53.1 Å². The van der Waals surface area contributed by atoms with Gasteiger partial charge in [0.05, 0.1) is 12.7 Å². The molecular formula is C15H14O2. The molecule has 1 aliphatic rings. The summed E-state index contributed by atoms with van der Waals surface area (Å²) in [5.41, 5.74) is 1.28. The van der Waals surface area contributed by atoms with Crippen molar-refractivity contribution in [2.24, 2.45) is 5.92 Å². The fraction of sp³-hybridized carbons (Fsp3) is 0.267. The first kappa shape index (κ1) is 10.3. The number of rotatable bonds is 4. The van der Waals surface area contributed by atoms with Crippen LogP contribution in [0, 0.1) is 5.92 Å². The van der Waals surface area contributed by atoms with E-state index in [1.807, 2.05) is 30.3 Å². The summed E-state index contributed by atoms with van der Waals surface area (Å²) >= 11 is 0. The molecule has 0 aliphatic heterocycles. The third-order valence-electron chi connectivity index (χ3n) is 3.36. The lowest BCUT2D eigenvalue weighted by Gasteiger charge is -1.99. The van der Waals surface area contributed by atoms with E-state index in [2.05, 4.69) is 12.1 Å². The predicted molar refractivity (Wildman–Crippen MR) is 64.7 cm³/mol. The second-order valence-corrected chi connectivity index (χ2v) is 4.58. The van der Waals surface area contributed by atoms with E-state index in [0.717, 1.165) is 12.2 Å². The molecule has 2 unspecified atom stereocenters. The summed E-state index contributed by atoms with van der Waals surface area (Å²) in [7, 11) is 0. The Morgan fingerprint density at radius 1 is 1.18 bits per heavy atom. The predicted octanol–water partition coefficient (Wildman–Crippen LogP) is 3.19. The molecule has 0 spiro atoms. The van der Waals surface area contributed by atoms with Crippen molar-refractivity contribution in [2.45, 2.75) is 18.8 Å². The van der Waals surface area contributed by atoms with E-state index < -0.39 is 0 Å². The molecule has 2 aromatic rings. The van der Waals surface area contributed by atoms with Crippen LogP contribution in [0.2, 0.25) is 0 Å². The molecule has 1 aliphatic carbocycles. The van der Waals surface area contributed by atoms with Crippen LogP contribution in [0.25, 0.3) is 0 Å². The minimum Gasteiger partial charge on any atom is -0.469 e. The van der Waals surface area contributed by atoms with Crippen molar-refractivity contribution in [3.05, 3.63) is 60.1 Å². The molecule has 1 heterocycles. The number of Topliss-reactive ketones (excluding diaryl/α,β-unsaturated/α-hetero) is 1. The van der Waals surface area contributed by atoms with E-state index in [1.165, 1.54) is 5.56 Å². The van der Waals surface area contributed by atoms with Gasteiger partial charge >= 0.3 is 0 Å². The third kappa shape index (κ3) is 2.16. The quantitative estimate of drug-likeness (QED) is 0.801. The third-order valence-corrected chi connectivity index (χ3v) is 3.36. The molecule has 1 aromatic carbocycles. The Balaban J connectivity index is 1.63. The SMILES string of the molecule is O=C(Cc1ccco1)C1CC1c1ccccc1. The lowest BCUT2D eigenvalue weighted by Crippen LogP contribution is -2.05. The van der Waals surface area contributed by atoms with Crippen LogP contribution in [0.3, 0.4) is 0 Å². The number of ketones is 1. The number of benzene rings is 1. The van der Waals surface area contributed by atoms with Gasteiger partial charge in [0.15, 0.2) is 0 Å². The maximum atomic E-state index is 12.0.